The van der Waals surface area contributed by atoms with Gasteiger partial charge in [0.15, 0.2) is 5.82 Å². The van der Waals surface area contributed by atoms with Crippen LogP contribution in [0.4, 0.5) is 5.82 Å². The summed E-state index contributed by atoms with van der Waals surface area (Å²) in [5.74, 6) is 2.28. The van der Waals surface area contributed by atoms with Crippen molar-refractivity contribution in [3.05, 3.63) is 82.8 Å². The van der Waals surface area contributed by atoms with Crippen molar-refractivity contribution < 1.29 is 0 Å². The monoisotopic (exact) mass is 510 g/mol. The maximum absolute atomic E-state index is 6.40. The van der Waals surface area contributed by atoms with Gasteiger partial charge in [0.25, 0.3) is 0 Å². The Balaban J connectivity index is 1.28. The molecule has 37 heavy (non-hydrogen) atoms. The summed E-state index contributed by atoms with van der Waals surface area (Å²) in [4.78, 5) is 16.5. The number of piperidine rings is 1. The van der Waals surface area contributed by atoms with Crippen LogP contribution in [0.2, 0.25) is 0 Å². The largest absolute Gasteiger partial charge is 0.382 e. The number of aryl methyl sites for hydroxylation is 1. The number of aromatic nitrogens is 4. The molecular formula is C30H34N6S. The number of hydrogen-bond acceptors (Lipinski definition) is 6. The fraction of sp³-hybridized carbons (Fsp3) is 0.367. The summed E-state index contributed by atoms with van der Waals surface area (Å²) in [6, 6.07) is 15.3. The molecule has 0 atom stereocenters. The molecule has 0 aliphatic carbocycles. The van der Waals surface area contributed by atoms with Crippen molar-refractivity contribution in [3.8, 4) is 0 Å². The first-order chi connectivity index (χ1) is 18.2. The van der Waals surface area contributed by atoms with Gasteiger partial charge < -0.3 is 10.3 Å². The maximum Gasteiger partial charge on any atom is 0.152 e. The average Bonchev–Trinajstić information content (AvgIpc) is 3.54. The van der Waals surface area contributed by atoms with E-state index in [1.807, 2.05) is 12.4 Å². The molecule has 0 amide bonds. The summed E-state index contributed by atoms with van der Waals surface area (Å²) in [6.07, 6.45) is 9.42. The van der Waals surface area contributed by atoms with Gasteiger partial charge >= 0.3 is 0 Å². The number of nitrogens with zero attached hydrogens (tertiary/aromatic N) is 5. The lowest BCUT2D eigenvalue weighted by Gasteiger charge is -2.32. The van der Waals surface area contributed by atoms with Gasteiger partial charge in [-0.1, -0.05) is 37.6 Å². The van der Waals surface area contributed by atoms with Gasteiger partial charge in [-0.25, -0.2) is 9.97 Å². The van der Waals surface area contributed by atoms with E-state index < -0.39 is 0 Å². The Morgan fingerprint density at radius 2 is 1.73 bits per heavy atom. The normalized spacial score (nSPS) is 15.2. The van der Waals surface area contributed by atoms with E-state index in [1.54, 1.807) is 11.3 Å². The predicted octanol–water partition coefficient (Wildman–Crippen LogP) is 6.39. The fourth-order valence-corrected chi connectivity index (χ4v) is 6.58. The number of imidazole rings is 1. The number of fused-ring (bicyclic) bond motifs is 3. The molecule has 0 radical (unpaired) electrons. The second kappa shape index (κ2) is 10.6. The number of pyridine rings is 2. The molecule has 7 heteroatoms. The third kappa shape index (κ3) is 4.86. The number of nitrogens with two attached hydrogens (primary N) is 1. The van der Waals surface area contributed by atoms with Crippen molar-refractivity contribution in [2.24, 2.45) is 0 Å². The molecule has 4 aromatic heterocycles. The van der Waals surface area contributed by atoms with Crippen LogP contribution >= 0.6 is 11.3 Å². The predicted molar refractivity (Wildman–Crippen MR) is 153 cm³/mol. The summed E-state index contributed by atoms with van der Waals surface area (Å²) < 4.78 is 3.59. The SMILES string of the molecule is CCCCc1nc2c(N)nc3ccsc3c2n1Cc1ccccc1CN1CCC(c2ccncc2)CC1. The number of hydrogen-bond donors (Lipinski definition) is 1. The summed E-state index contributed by atoms with van der Waals surface area (Å²) in [5.41, 5.74) is 13.5. The fourth-order valence-electron chi connectivity index (χ4n) is 5.69. The van der Waals surface area contributed by atoms with Crippen LogP contribution in [0.3, 0.4) is 0 Å². The Morgan fingerprint density at radius 3 is 2.49 bits per heavy atom. The average molecular weight is 511 g/mol. The number of rotatable bonds is 8. The van der Waals surface area contributed by atoms with Crippen LogP contribution in [0.25, 0.3) is 21.3 Å². The molecule has 0 unspecified atom stereocenters. The minimum absolute atomic E-state index is 0.530. The van der Waals surface area contributed by atoms with Crippen molar-refractivity contribution in [3.63, 3.8) is 0 Å². The molecule has 0 saturated carbocycles. The molecular weight excluding hydrogens is 476 g/mol. The number of unbranched alkanes of at least 4 members (excludes halogenated alkanes) is 1. The Labute approximate surface area is 222 Å². The van der Waals surface area contributed by atoms with Crippen LogP contribution < -0.4 is 5.73 Å². The molecule has 0 bridgehead atoms. The first-order valence-electron chi connectivity index (χ1n) is 13.4. The molecule has 0 spiro atoms. The third-order valence-corrected chi connectivity index (χ3v) is 8.66. The highest BCUT2D eigenvalue weighted by atomic mass is 32.1. The van der Waals surface area contributed by atoms with Gasteiger partial charge in [0, 0.05) is 31.9 Å². The Morgan fingerprint density at radius 1 is 0.973 bits per heavy atom. The van der Waals surface area contributed by atoms with Crippen molar-refractivity contribution in [1.82, 2.24) is 24.4 Å². The summed E-state index contributed by atoms with van der Waals surface area (Å²) in [7, 11) is 0. The van der Waals surface area contributed by atoms with Crippen LogP contribution in [0.15, 0.2) is 60.2 Å². The van der Waals surface area contributed by atoms with Crippen molar-refractivity contribution in [2.45, 2.75) is 58.0 Å². The molecule has 5 heterocycles. The molecule has 6 nitrogen and oxygen atoms in total. The lowest BCUT2D eigenvalue weighted by molar-refractivity contribution is 0.204. The van der Waals surface area contributed by atoms with Gasteiger partial charge in [-0.3, -0.25) is 9.88 Å². The summed E-state index contributed by atoms with van der Waals surface area (Å²) in [6.45, 7) is 6.25. The summed E-state index contributed by atoms with van der Waals surface area (Å²) >= 11 is 1.73. The second-order valence-electron chi connectivity index (χ2n) is 10.1. The van der Waals surface area contributed by atoms with E-state index in [0.717, 1.165) is 67.8 Å². The number of benzene rings is 1. The highest BCUT2D eigenvalue weighted by Crippen LogP contribution is 2.34. The third-order valence-electron chi connectivity index (χ3n) is 7.75. The minimum atomic E-state index is 0.530. The summed E-state index contributed by atoms with van der Waals surface area (Å²) in [5, 5.41) is 2.10. The number of anilines is 1. The maximum atomic E-state index is 6.40. The highest BCUT2D eigenvalue weighted by Gasteiger charge is 2.22. The van der Waals surface area contributed by atoms with Crippen LogP contribution in [-0.4, -0.2) is 37.5 Å². The van der Waals surface area contributed by atoms with Crippen LogP contribution in [-0.2, 0) is 19.5 Å². The van der Waals surface area contributed by atoms with E-state index in [-0.39, 0.29) is 0 Å². The van der Waals surface area contributed by atoms with Crippen LogP contribution in [0, 0.1) is 0 Å². The van der Waals surface area contributed by atoms with Gasteiger partial charge in [0.2, 0.25) is 0 Å². The quantitative estimate of drug-likeness (QED) is 0.262. The first kappa shape index (κ1) is 24.1. The second-order valence-corrected chi connectivity index (χ2v) is 11.1. The zero-order chi connectivity index (χ0) is 25.2. The van der Waals surface area contributed by atoms with Gasteiger partial charge in [-0.15, -0.1) is 11.3 Å². The molecule has 5 aromatic rings. The minimum Gasteiger partial charge on any atom is -0.382 e. The standard InChI is InChI=1S/C30H34N6S/c1-2-3-8-26-34-27-28(29-25(13-18-37-29)33-30(27)31)36(26)20-24-7-5-4-6-23(24)19-35-16-11-22(12-17-35)21-9-14-32-15-10-21/h4-7,9-10,13-15,18,22H,2-3,8,11-12,16-17,19-20H2,1H3,(H2,31,33). The van der Waals surface area contributed by atoms with E-state index in [2.05, 4.69) is 74.2 Å². The van der Waals surface area contributed by atoms with E-state index in [4.69, 9.17) is 10.7 Å². The van der Waals surface area contributed by atoms with Crippen LogP contribution in [0.1, 0.15) is 61.0 Å². The Bertz CT molecular complexity index is 1500. The van der Waals surface area contributed by atoms with Gasteiger partial charge in [0.1, 0.15) is 11.3 Å². The molecule has 1 aliphatic rings. The zero-order valence-electron chi connectivity index (χ0n) is 21.4. The van der Waals surface area contributed by atoms with E-state index in [1.165, 1.54) is 34.2 Å². The topological polar surface area (TPSA) is 72.9 Å². The molecule has 1 fully saturated rings. The van der Waals surface area contributed by atoms with Crippen molar-refractivity contribution >= 4 is 38.4 Å². The van der Waals surface area contributed by atoms with Crippen molar-refractivity contribution in [1.29, 1.82) is 0 Å². The number of nitrogen functional groups attached to an aromatic ring is 1. The number of likely N-dealkylation sites (tertiary alicyclic amines) is 1. The van der Waals surface area contributed by atoms with E-state index >= 15 is 0 Å². The lowest BCUT2D eigenvalue weighted by Crippen LogP contribution is -2.32. The first-order valence-corrected chi connectivity index (χ1v) is 14.3. The Kier molecular flexibility index (Phi) is 6.89. The Hall–Kier alpha value is -3.29. The number of thiophene rings is 1. The smallest absolute Gasteiger partial charge is 0.152 e. The lowest BCUT2D eigenvalue weighted by atomic mass is 9.90. The molecule has 1 aliphatic heterocycles. The van der Waals surface area contributed by atoms with E-state index in [0.29, 0.717) is 11.7 Å². The molecule has 6 rings (SSSR count). The zero-order valence-corrected chi connectivity index (χ0v) is 22.3. The molecule has 1 saturated heterocycles. The van der Waals surface area contributed by atoms with Gasteiger partial charge in [-0.2, -0.15) is 0 Å². The van der Waals surface area contributed by atoms with Gasteiger partial charge in [-0.05, 0) is 78.5 Å². The van der Waals surface area contributed by atoms with Gasteiger partial charge in [0.05, 0.1) is 15.7 Å². The highest BCUT2D eigenvalue weighted by molar-refractivity contribution is 7.18. The van der Waals surface area contributed by atoms with Crippen LogP contribution in [0.5, 0.6) is 0 Å². The van der Waals surface area contributed by atoms with E-state index in [9.17, 15) is 0 Å². The molecule has 1 aromatic carbocycles. The molecule has 190 valence electrons. The molecule has 2 N–H and O–H groups in total. The van der Waals surface area contributed by atoms with Crippen molar-refractivity contribution in [2.75, 3.05) is 18.8 Å².